The Hall–Kier alpha value is -1.60. The van der Waals surface area contributed by atoms with Crippen molar-refractivity contribution in [2.75, 3.05) is 6.54 Å². The van der Waals surface area contributed by atoms with Crippen molar-refractivity contribution in [3.05, 3.63) is 34.3 Å². The Morgan fingerprint density at radius 3 is 2.43 bits per heavy atom. The van der Waals surface area contributed by atoms with Crippen molar-refractivity contribution in [3.8, 4) is 0 Å². The quantitative estimate of drug-likeness (QED) is 0.550. The lowest BCUT2D eigenvalue weighted by Gasteiger charge is -2.20. The van der Waals surface area contributed by atoms with Gasteiger partial charge in [-0.25, -0.2) is 4.79 Å². The molecule has 0 heterocycles. The first-order valence-electron chi connectivity index (χ1n) is 7.75. The van der Waals surface area contributed by atoms with Crippen LogP contribution in [-0.4, -0.2) is 30.6 Å². The van der Waals surface area contributed by atoms with Crippen LogP contribution in [-0.2, 0) is 11.3 Å². The SMILES string of the molecule is CCCC(NC(=O)NCc1ccc(Br)cc1)C(=O)N[C@@H](C)CN. The van der Waals surface area contributed by atoms with E-state index in [-0.39, 0.29) is 18.0 Å². The van der Waals surface area contributed by atoms with Gasteiger partial charge < -0.3 is 21.7 Å². The molecule has 2 atom stereocenters. The number of carbonyl (C=O) groups excluding carboxylic acids is 2. The molecular weight excluding hydrogens is 360 g/mol. The predicted octanol–water partition coefficient (Wildman–Crippen LogP) is 1.88. The maximum atomic E-state index is 12.1. The average Bonchev–Trinajstić information content (AvgIpc) is 2.53. The Bertz CT molecular complexity index is 507. The minimum atomic E-state index is -0.557. The number of nitrogens with one attached hydrogen (secondary N) is 3. The first-order valence-corrected chi connectivity index (χ1v) is 8.54. The van der Waals surface area contributed by atoms with Gasteiger partial charge in [-0.2, -0.15) is 0 Å². The summed E-state index contributed by atoms with van der Waals surface area (Å²) in [7, 11) is 0. The lowest BCUT2D eigenvalue weighted by atomic mass is 10.1. The highest BCUT2D eigenvalue weighted by Crippen LogP contribution is 2.10. The van der Waals surface area contributed by atoms with Crippen LogP contribution in [0.4, 0.5) is 4.79 Å². The largest absolute Gasteiger partial charge is 0.351 e. The number of benzene rings is 1. The van der Waals surface area contributed by atoms with Crippen LogP contribution >= 0.6 is 15.9 Å². The second kappa shape index (κ2) is 10.2. The predicted molar refractivity (Wildman–Crippen MR) is 94.9 cm³/mol. The molecule has 0 saturated heterocycles. The van der Waals surface area contributed by atoms with Gasteiger partial charge in [-0.3, -0.25) is 4.79 Å². The Morgan fingerprint density at radius 2 is 1.87 bits per heavy atom. The van der Waals surface area contributed by atoms with Gasteiger partial charge in [-0.05, 0) is 31.0 Å². The van der Waals surface area contributed by atoms with E-state index in [1.165, 1.54) is 0 Å². The van der Waals surface area contributed by atoms with Gasteiger partial charge in [0.05, 0.1) is 0 Å². The third kappa shape index (κ3) is 7.47. The second-order valence-electron chi connectivity index (χ2n) is 5.44. The maximum absolute atomic E-state index is 12.1. The Kier molecular flexibility index (Phi) is 8.65. The molecule has 128 valence electrons. The van der Waals surface area contributed by atoms with Gasteiger partial charge in [0.1, 0.15) is 6.04 Å². The smallest absolute Gasteiger partial charge is 0.315 e. The topological polar surface area (TPSA) is 96.2 Å². The van der Waals surface area contributed by atoms with Gasteiger partial charge in [0.2, 0.25) is 5.91 Å². The van der Waals surface area contributed by atoms with E-state index < -0.39 is 6.04 Å². The first-order chi connectivity index (χ1) is 11.0. The molecule has 0 aliphatic heterocycles. The van der Waals surface area contributed by atoms with Crippen LogP contribution in [0.5, 0.6) is 0 Å². The molecule has 0 bridgehead atoms. The van der Waals surface area contributed by atoms with Crippen molar-refractivity contribution in [1.29, 1.82) is 0 Å². The molecule has 6 nitrogen and oxygen atoms in total. The number of halogens is 1. The molecule has 1 aromatic rings. The molecule has 7 heteroatoms. The minimum absolute atomic E-state index is 0.116. The number of hydrogen-bond acceptors (Lipinski definition) is 3. The first kappa shape index (κ1) is 19.4. The Labute approximate surface area is 145 Å². The zero-order chi connectivity index (χ0) is 17.2. The third-order valence-electron chi connectivity index (χ3n) is 3.31. The Morgan fingerprint density at radius 1 is 1.22 bits per heavy atom. The van der Waals surface area contributed by atoms with Crippen LogP contribution in [0, 0.1) is 0 Å². The molecule has 1 unspecified atom stereocenters. The zero-order valence-electron chi connectivity index (χ0n) is 13.6. The van der Waals surface area contributed by atoms with Crippen LogP contribution in [0.3, 0.4) is 0 Å². The van der Waals surface area contributed by atoms with Crippen molar-refractivity contribution < 1.29 is 9.59 Å². The van der Waals surface area contributed by atoms with Crippen molar-refractivity contribution in [2.45, 2.75) is 45.3 Å². The molecule has 23 heavy (non-hydrogen) atoms. The van der Waals surface area contributed by atoms with Crippen molar-refractivity contribution in [3.63, 3.8) is 0 Å². The molecule has 0 aliphatic rings. The summed E-state index contributed by atoms with van der Waals surface area (Å²) in [4.78, 5) is 24.1. The van der Waals surface area contributed by atoms with Crippen LogP contribution < -0.4 is 21.7 Å². The summed E-state index contributed by atoms with van der Waals surface area (Å²) in [5, 5.41) is 8.26. The van der Waals surface area contributed by atoms with E-state index in [1.54, 1.807) is 0 Å². The summed E-state index contributed by atoms with van der Waals surface area (Å²) >= 11 is 3.36. The summed E-state index contributed by atoms with van der Waals surface area (Å²) in [6, 6.07) is 6.63. The van der Waals surface area contributed by atoms with Crippen molar-refractivity contribution in [1.82, 2.24) is 16.0 Å². The summed E-state index contributed by atoms with van der Waals surface area (Å²) in [5.41, 5.74) is 6.48. The van der Waals surface area contributed by atoms with E-state index in [0.29, 0.717) is 19.5 Å². The molecule has 3 amide bonds. The zero-order valence-corrected chi connectivity index (χ0v) is 15.2. The third-order valence-corrected chi connectivity index (χ3v) is 3.84. The lowest BCUT2D eigenvalue weighted by molar-refractivity contribution is -0.123. The van der Waals surface area contributed by atoms with Crippen LogP contribution in [0.25, 0.3) is 0 Å². The maximum Gasteiger partial charge on any atom is 0.315 e. The molecular formula is C16H25BrN4O2. The van der Waals surface area contributed by atoms with Gasteiger partial charge in [0.15, 0.2) is 0 Å². The molecule has 0 saturated carbocycles. The van der Waals surface area contributed by atoms with Gasteiger partial charge in [-0.15, -0.1) is 0 Å². The molecule has 5 N–H and O–H groups in total. The summed E-state index contributed by atoms with van der Waals surface area (Å²) in [6.45, 7) is 4.56. The molecule has 1 rings (SSSR count). The monoisotopic (exact) mass is 384 g/mol. The number of carbonyl (C=O) groups is 2. The highest BCUT2D eigenvalue weighted by molar-refractivity contribution is 9.10. The van der Waals surface area contributed by atoms with Gasteiger partial charge in [0.25, 0.3) is 0 Å². The summed E-state index contributed by atoms with van der Waals surface area (Å²) < 4.78 is 0.986. The Balaban J connectivity index is 2.49. The fourth-order valence-corrected chi connectivity index (χ4v) is 2.22. The molecule has 0 aromatic heterocycles. The van der Waals surface area contributed by atoms with Gasteiger partial charge in [-0.1, -0.05) is 41.4 Å². The van der Waals surface area contributed by atoms with E-state index >= 15 is 0 Å². The van der Waals surface area contributed by atoms with E-state index in [9.17, 15) is 9.59 Å². The lowest BCUT2D eigenvalue weighted by Crippen LogP contribution is -2.52. The number of nitrogens with two attached hydrogens (primary N) is 1. The van der Waals surface area contributed by atoms with E-state index in [2.05, 4.69) is 31.9 Å². The van der Waals surface area contributed by atoms with Gasteiger partial charge >= 0.3 is 6.03 Å². The fraction of sp³-hybridized carbons (Fsp3) is 0.500. The van der Waals surface area contributed by atoms with Crippen LogP contribution in [0.1, 0.15) is 32.3 Å². The highest BCUT2D eigenvalue weighted by Gasteiger charge is 2.20. The van der Waals surface area contributed by atoms with E-state index in [1.807, 2.05) is 38.1 Å². The fourth-order valence-electron chi connectivity index (χ4n) is 1.95. The number of amides is 3. The van der Waals surface area contributed by atoms with Crippen molar-refractivity contribution in [2.24, 2.45) is 5.73 Å². The molecule has 0 fully saturated rings. The average molecular weight is 385 g/mol. The number of urea groups is 1. The highest BCUT2D eigenvalue weighted by atomic mass is 79.9. The van der Waals surface area contributed by atoms with Gasteiger partial charge in [0, 0.05) is 23.6 Å². The molecule has 0 aliphatic carbocycles. The number of hydrogen-bond donors (Lipinski definition) is 4. The second-order valence-corrected chi connectivity index (χ2v) is 6.36. The summed E-state index contributed by atoms with van der Waals surface area (Å²) in [6.07, 6.45) is 1.37. The van der Waals surface area contributed by atoms with E-state index in [0.717, 1.165) is 16.5 Å². The van der Waals surface area contributed by atoms with Crippen LogP contribution in [0.2, 0.25) is 0 Å². The minimum Gasteiger partial charge on any atom is -0.351 e. The van der Waals surface area contributed by atoms with Crippen LogP contribution in [0.15, 0.2) is 28.7 Å². The molecule has 0 spiro atoms. The van der Waals surface area contributed by atoms with E-state index in [4.69, 9.17) is 5.73 Å². The van der Waals surface area contributed by atoms with Crippen molar-refractivity contribution >= 4 is 27.9 Å². The molecule has 1 aromatic carbocycles. The molecule has 0 radical (unpaired) electrons. The standard InChI is InChI=1S/C16H25BrN4O2/c1-3-4-14(15(22)20-11(2)9-18)21-16(23)19-10-12-5-7-13(17)8-6-12/h5-8,11,14H,3-4,9-10,18H2,1-2H3,(H,20,22)(H2,19,21,23)/t11-,14?/m0/s1. The normalized spacial score (nSPS) is 13.0. The number of rotatable bonds is 8. The summed E-state index contributed by atoms with van der Waals surface area (Å²) in [5.74, 6) is -0.205.